The summed E-state index contributed by atoms with van der Waals surface area (Å²) in [6.45, 7) is 5.18. The first-order chi connectivity index (χ1) is 14.6. The lowest BCUT2D eigenvalue weighted by molar-refractivity contribution is -0.123. The largest absolute Gasteiger partial charge is 0.348 e. The number of piperazine rings is 1. The molecule has 0 spiro atoms. The monoisotopic (exact) mass is 405 g/mol. The van der Waals surface area contributed by atoms with E-state index < -0.39 is 0 Å². The van der Waals surface area contributed by atoms with E-state index in [1.165, 1.54) is 36.0 Å². The maximum absolute atomic E-state index is 12.6. The molecule has 2 aliphatic rings. The molecule has 5 nitrogen and oxygen atoms in total. The van der Waals surface area contributed by atoms with Gasteiger partial charge in [0.15, 0.2) is 0 Å². The number of amides is 2. The summed E-state index contributed by atoms with van der Waals surface area (Å²) < 4.78 is 0. The Morgan fingerprint density at radius 2 is 1.63 bits per heavy atom. The molecule has 158 valence electrons. The lowest BCUT2D eigenvalue weighted by Gasteiger charge is -2.34. The maximum Gasteiger partial charge on any atom is 0.253 e. The molecule has 30 heavy (non-hydrogen) atoms. The summed E-state index contributed by atoms with van der Waals surface area (Å²) in [6, 6.07) is 16.1. The first-order valence-electron chi connectivity index (χ1n) is 11.1. The smallest absolute Gasteiger partial charge is 0.253 e. The van der Waals surface area contributed by atoms with Gasteiger partial charge < -0.3 is 10.2 Å². The Labute approximate surface area is 179 Å². The topological polar surface area (TPSA) is 52.7 Å². The van der Waals surface area contributed by atoms with Crippen molar-refractivity contribution in [3.63, 3.8) is 0 Å². The van der Waals surface area contributed by atoms with Crippen LogP contribution in [-0.2, 0) is 17.6 Å². The first-order valence-corrected chi connectivity index (χ1v) is 11.1. The molecular weight excluding hydrogens is 374 g/mol. The van der Waals surface area contributed by atoms with Crippen molar-refractivity contribution in [3.8, 4) is 0 Å². The molecule has 1 atom stereocenters. The van der Waals surface area contributed by atoms with Crippen molar-refractivity contribution >= 4 is 11.8 Å². The van der Waals surface area contributed by atoms with Crippen molar-refractivity contribution in [3.05, 3.63) is 70.8 Å². The average molecular weight is 406 g/mol. The molecule has 5 heteroatoms. The van der Waals surface area contributed by atoms with Crippen LogP contribution in [-0.4, -0.2) is 54.3 Å². The average Bonchev–Trinajstić information content (AvgIpc) is 2.79. The minimum absolute atomic E-state index is 0.00525. The zero-order valence-electron chi connectivity index (χ0n) is 17.8. The van der Waals surface area contributed by atoms with Gasteiger partial charge in [0.2, 0.25) is 5.91 Å². The third-order valence-corrected chi connectivity index (χ3v) is 6.30. The number of aryl methyl sites for hydroxylation is 2. The number of nitrogens with zero attached hydrogens (tertiary/aromatic N) is 2. The molecule has 0 aromatic heterocycles. The van der Waals surface area contributed by atoms with Crippen molar-refractivity contribution in [2.45, 2.75) is 38.6 Å². The second-order valence-electron chi connectivity index (χ2n) is 8.46. The van der Waals surface area contributed by atoms with Crippen LogP contribution in [0, 0.1) is 0 Å². The molecular formula is C25H31N3O2. The Bertz CT molecular complexity index is 889. The predicted octanol–water partition coefficient (Wildman–Crippen LogP) is 3.20. The van der Waals surface area contributed by atoms with Crippen LogP contribution in [0.4, 0.5) is 0 Å². The Morgan fingerprint density at radius 1 is 0.933 bits per heavy atom. The molecule has 1 heterocycles. The van der Waals surface area contributed by atoms with E-state index in [9.17, 15) is 9.59 Å². The van der Waals surface area contributed by atoms with Crippen LogP contribution >= 0.6 is 0 Å². The second-order valence-corrected chi connectivity index (χ2v) is 8.46. The zero-order valence-corrected chi connectivity index (χ0v) is 17.8. The Balaban J connectivity index is 1.25. The Hall–Kier alpha value is -2.66. The fraction of sp³-hybridized carbons (Fsp3) is 0.440. The van der Waals surface area contributed by atoms with Crippen molar-refractivity contribution < 1.29 is 9.59 Å². The fourth-order valence-electron chi connectivity index (χ4n) is 4.47. The van der Waals surface area contributed by atoms with Gasteiger partial charge >= 0.3 is 0 Å². The normalized spacial score (nSPS) is 17.8. The lowest BCUT2D eigenvalue weighted by Crippen LogP contribution is -2.51. The molecule has 1 fully saturated rings. The van der Waals surface area contributed by atoms with E-state index in [4.69, 9.17) is 0 Å². The van der Waals surface area contributed by atoms with Gasteiger partial charge in [-0.25, -0.2) is 0 Å². The van der Waals surface area contributed by atoms with E-state index >= 15 is 0 Å². The molecule has 1 N–H and O–H groups in total. The number of hydrogen-bond donors (Lipinski definition) is 1. The highest BCUT2D eigenvalue weighted by Crippen LogP contribution is 2.24. The third-order valence-electron chi connectivity index (χ3n) is 6.30. The van der Waals surface area contributed by atoms with Crippen LogP contribution < -0.4 is 5.32 Å². The number of hydrogen-bond acceptors (Lipinski definition) is 3. The van der Waals surface area contributed by atoms with Crippen LogP contribution in [0.2, 0.25) is 0 Å². The fourth-order valence-corrected chi connectivity index (χ4v) is 4.47. The molecule has 1 aliphatic heterocycles. The second kappa shape index (κ2) is 9.43. The quantitative estimate of drug-likeness (QED) is 0.831. The van der Waals surface area contributed by atoms with E-state index in [1.807, 2.05) is 35.2 Å². The number of carbonyl (C=O) groups is 2. The van der Waals surface area contributed by atoms with E-state index in [0.717, 1.165) is 25.1 Å². The predicted molar refractivity (Wildman–Crippen MR) is 118 cm³/mol. The van der Waals surface area contributed by atoms with Gasteiger partial charge in [-0.05, 0) is 61.4 Å². The summed E-state index contributed by atoms with van der Waals surface area (Å²) >= 11 is 0. The molecule has 1 unspecified atom stereocenters. The zero-order chi connectivity index (χ0) is 20.9. The summed E-state index contributed by atoms with van der Waals surface area (Å²) in [7, 11) is 0. The van der Waals surface area contributed by atoms with Crippen molar-refractivity contribution in [1.29, 1.82) is 0 Å². The van der Waals surface area contributed by atoms with Gasteiger partial charge in [0, 0.05) is 31.7 Å². The molecule has 0 saturated carbocycles. The van der Waals surface area contributed by atoms with Crippen molar-refractivity contribution in [2.24, 2.45) is 0 Å². The van der Waals surface area contributed by atoms with Crippen LogP contribution in [0.1, 0.15) is 52.9 Å². The number of rotatable bonds is 5. The standard InChI is InChI=1S/C25H31N3O2/c1-19(22-12-11-20-7-5-6-10-23(20)17-22)26-24(29)18-27-13-15-28(16-14-27)25(30)21-8-3-2-4-9-21/h2-4,8-9,11-12,17,19H,5-7,10,13-16,18H2,1H3,(H,26,29). The molecule has 2 aromatic rings. The Kier molecular flexibility index (Phi) is 6.48. The summed E-state index contributed by atoms with van der Waals surface area (Å²) in [5.41, 5.74) is 4.82. The van der Waals surface area contributed by atoms with Crippen molar-refractivity contribution in [1.82, 2.24) is 15.1 Å². The highest BCUT2D eigenvalue weighted by molar-refractivity contribution is 5.94. The lowest BCUT2D eigenvalue weighted by atomic mass is 9.89. The van der Waals surface area contributed by atoms with E-state index in [2.05, 4.69) is 35.3 Å². The first kappa shape index (κ1) is 20.6. The van der Waals surface area contributed by atoms with Gasteiger partial charge in [-0.15, -0.1) is 0 Å². The summed E-state index contributed by atoms with van der Waals surface area (Å²) in [4.78, 5) is 29.2. The molecule has 0 radical (unpaired) electrons. The summed E-state index contributed by atoms with van der Waals surface area (Å²) in [6.07, 6.45) is 4.86. The number of nitrogens with one attached hydrogen (secondary N) is 1. The van der Waals surface area contributed by atoms with Gasteiger partial charge in [0.25, 0.3) is 5.91 Å². The number of fused-ring (bicyclic) bond motifs is 1. The number of benzene rings is 2. The van der Waals surface area contributed by atoms with Crippen molar-refractivity contribution in [2.75, 3.05) is 32.7 Å². The molecule has 0 bridgehead atoms. The van der Waals surface area contributed by atoms with Gasteiger partial charge in [0.05, 0.1) is 12.6 Å². The summed E-state index contributed by atoms with van der Waals surface area (Å²) in [5, 5.41) is 3.15. The minimum atomic E-state index is 0.00525. The van der Waals surface area contributed by atoms with E-state index in [0.29, 0.717) is 19.6 Å². The van der Waals surface area contributed by atoms with E-state index in [1.54, 1.807) is 0 Å². The highest BCUT2D eigenvalue weighted by Gasteiger charge is 2.23. The van der Waals surface area contributed by atoms with E-state index in [-0.39, 0.29) is 17.9 Å². The molecule has 2 amide bonds. The third kappa shape index (κ3) is 4.90. The molecule has 2 aromatic carbocycles. The molecule has 4 rings (SSSR count). The highest BCUT2D eigenvalue weighted by atomic mass is 16.2. The van der Waals surface area contributed by atoms with Crippen LogP contribution in [0.25, 0.3) is 0 Å². The van der Waals surface area contributed by atoms with Crippen LogP contribution in [0.15, 0.2) is 48.5 Å². The molecule has 1 saturated heterocycles. The van der Waals surface area contributed by atoms with Crippen LogP contribution in [0.5, 0.6) is 0 Å². The van der Waals surface area contributed by atoms with Gasteiger partial charge in [-0.3, -0.25) is 14.5 Å². The van der Waals surface area contributed by atoms with Crippen LogP contribution in [0.3, 0.4) is 0 Å². The maximum atomic E-state index is 12.6. The van der Waals surface area contributed by atoms with Gasteiger partial charge in [-0.2, -0.15) is 0 Å². The van der Waals surface area contributed by atoms with Gasteiger partial charge in [0.1, 0.15) is 0 Å². The minimum Gasteiger partial charge on any atom is -0.348 e. The SMILES string of the molecule is CC(NC(=O)CN1CCN(C(=O)c2ccccc2)CC1)c1ccc2c(c1)CCCC2. The number of carbonyl (C=O) groups excluding carboxylic acids is 2. The molecule has 1 aliphatic carbocycles. The summed E-state index contributed by atoms with van der Waals surface area (Å²) in [5.74, 6) is 0.115. The Morgan fingerprint density at radius 3 is 2.37 bits per heavy atom. The van der Waals surface area contributed by atoms with Gasteiger partial charge in [-0.1, -0.05) is 36.4 Å².